The summed E-state index contributed by atoms with van der Waals surface area (Å²) in [7, 11) is 0. The fraction of sp³-hybridized carbons (Fsp3) is 0.913. The standard InChI is InChI=1S/C23H45N3O3/c1-3-5-7-8-9-10-11-12-13-14-15-16-20-18-26(25-24-20)21(19-27)23(29)22(28)17-6-4-2/h18,21-23,27-29H,3-17,19H2,1-2H3/t21-,22+,23-/m0/s1. The number of unbranched alkanes of at least 4 members (excludes halogenated alkanes) is 11. The molecule has 1 heterocycles. The summed E-state index contributed by atoms with van der Waals surface area (Å²) in [6, 6.07) is -0.652. The van der Waals surface area contributed by atoms with Gasteiger partial charge in [0.05, 0.1) is 18.4 Å². The fourth-order valence-electron chi connectivity index (χ4n) is 3.75. The van der Waals surface area contributed by atoms with Gasteiger partial charge in [-0.25, -0.2) is 4.68 Å². The third-order valence-corrected chi connectivity index (χ3v) is 5.76. The van der Waals surface area contributed by atoms with Gasteiger partial charge in [0.25, 0.3) is 0 Å². The van der Waals surface area contributed by atoms with Crippen LogP contribution in [0.3, 0.4) is 0 Å². The normalized spacial score (nSPS) is 14.8. The molecule has 170 valence electrons. The van der Waals surface area contributed by atoms with E-state index in [0.717, 1.165) is 31.4 Å². The molecule has 0 aliphatic carbocycles. The number of hydrogen-bond donors (Lipinski definition) is 3. The van der Waals surface area contributed by atoms with E-state index in [1.54, 1.807) is 6.20 Å². The lowest BCUT2D eigenvalue weighted by Gasteiger charge is -2.25. The maximum Gasteiger partial charge on any atom is 0.105 e. The van der Waals surface area contributed by atoms with Crippen molar-refractivity contribution < 1.29 is 15.3 Å². The van der Waals surface area contributed by atoms with Crippen LogP contribution in [0.2, 0.25) is 0 Å². The van der Waals surface area contributed by atoms with Gasteiger partial charge < -0.3 is 15.3 Å². The van der Waals surface area contributed by atoms with Gasteiger partial charge in [0, 0.05) is 6.20 Å². The Labute approximate surface area is 177 Å². The lowest BCUT2D eigenvalue weighted by molar-refractivity contribution is -0.0349. The Morgan fingerprint density at radius 1 is 0.828 bits per heavy atom. The minimum absolute atomic E-state index is 0.272. The van der Waals surface area contributed by atoms with E-state index in [4.69, 9.17) is 0 Å². The molecule has 0 amide bonds. The van der Waals surface area contributed by atoms with Crippen molar-refractivity contribution in [2.75, 3.05) is 6.61 Å². The van der Waals surface area contributed by atoms with Gasteiger partial charge in [-0.1, -0.05) is 96.1 Å². The van der Waals surface area contributed by atoms with Crippen LogP contribution in [-0.4, -0.2) is 49.1 Å². The van der Waals surface area contributed by atoms with Crippen LogP contribution < -0.4 is 0 Å². The Morgan fingerprint density at radius 2 is 1.38 bits per heavy atom. The summed E-state index contributed by atoms with van der Waals surface area (Å²) in [6.07, 6.45) is 17.5. The molecule has 6 heteroatoms. The van der Waals surface area contributed by atoms with E-state index in [-0.39, 0.29) is 6.61 Å². The second kappa shape index (κ2) is 16.8. The second-order valence-corrected chi connectivity index (χ2v) is 8.43. The van der Waals surface area contributed by atoms with Gasteiger partial charge in [-0.2, -0.15) is 0 Å². The molecule has 0 unspecified atom stereocenters. The monoisotopic (exact) mass is 411 g/mol. The zero-order valence-electron chi connectivity index (χ0n) is 18.8. The molecule has 1 aromatic rings. The molecule has 0 fully saturated rings. The summed E-state index contributed by atoms with van der Waals surface area (Å²) >= 11 is 0. The third-order valence-electron chi connectivity index (χ3n) is 5.76. The highest BCUT2D eigenvalue weighted by Crippen LogP contribution is 2.18. The summed E-state index contributed by atoms with van der Waals surface area (Å²) in [4.78, 5) is 0. The highest BCUT2D eigenvalue weighted by molar-refractivity contribution is 4.95. The molecule has 0 radical (unpaired) electrons. The zero-order valence-corrected chi connectivity index (χ0v) is 18.8. The molecule has 3 N–H and O–H groups in total. The van der Waals surface area contributed by atoms with Gasteiger partial charge in [0.15, 0.2) is 0 Å². The molecular weight excluding hydrogens is 366 g/mol. The SMILES string of the molecule is CCCCCCCCCCCCCc1cn([C@@H](CO)[C@H](O)[C@H](O)CCCC)nn1. The number of aromatic nitrogens is 3. The lowest BCUT2D eigenvalue weighted by atomic mass is 10.0. The van der Waals surface area contributed by atoms with Crippen molar-refractivity contribution in [3.63, 3.8) is 0 Å². The first-order valence-corrected chi connectivity index (χ1v) is 12.0. The molecule has 0 aliphatic heterocycles. The van der Waals surface area contributed by atoms with E-state index in [1.165, 1.54) is 68.9 Å². The van der Waals surface area contributed by atoms with Crippen molar-refractivity contribution in [3.05, 3.63) is 11.9 Å². The Balaban J connectivity index is 2.21. The van der Waals surface area contributed by atoms with Gasteiger partial charge >= 0.3 is 0 Å². The average molecular weight is 412 g/mol. The molecule has 6 nitrogen and oxygen atoms in total. The Morgan fingerprint density at radius 3 is 1.93 bits per heavy atom. The number of hydrogen-bond acceptors (Lipinski definition) is 5. The van der Waals surface area contributed by atoms with Crippen molar-refractivity contribution in [2.45, 2.75) is 128 Å². The third kappa shape index (κ3) is 11.1. The Bertz CT molecular complexity index is 495. The first-order chi connectivity index (χ1) is 14.1. The molecule has 1 rings (SSSR count). The number of rotatable bonds is 19. The van der Waals surface area contributed by atoms with Crippen LogP contribution in [0.5, 0.6) is 0 Å². The zero-order chi connectivity index (χ0) is 21.3. The first kappa shape index (κ1) is 26.1. The molecule has 29 heavy (non-hydrogen) atoms. The minimum atomic E-state index is -1.04. The van der Waals surface area contributed by atoms with Gasteiger partial charge in [-0.05, 0) is 19.3 Å². The van der Waals surface area contributed by atoms with E-state index in [0.29, 0.717) is 6.42 Å². The van der Waals surface area contributed by atoms with E-state index < -0.39 is 18.2 Å². The van der Waals surface area contributed by atoms with Gasteiger partial charge in [0.1, 0.15) is 12.1 Å². The Kier molecular flexibility index (Phi) is 15.1. The van der Waals surface area contributed by atoms with E-state index in [1.807, 2.05) is 6.92 Å². The smallest absolute Gasteiger partial charge is 0.105 e. The molecule has 0 spiro atoms. The average Bonchev–Trinajstić information content (AvgIpc) is 3.19. The first-order valence-electron chi connectivity index (χ1n) is 12.0. The molecule has 0 bridgehead atoms. The highest BCUT2D eigenvalue weighted by atomic mass is 16.3. The maximum absolute atomic E-state index is 10.3. The van der Waals surface area contributed by atoms with Crippen LogP contribution in [0, 0.1) is 0 Å². The van der Waals surface area contributed by atoms with Crippen molar-refractivity contribution in [3.8, 4) is 0 Å². The van der Waals surface area contributed by atoms with Crippen LogP contribution in [0.25, 0.3) is 0 Å². The molecular formula is C23H45N3O3. The van der Waals surface area contributed by atoms with Gasteiger partial charge in [-0.3, -0.25) is 0 Å². The molecule has 0 aliphatic rings. The summed E-state index contributed by atoms with van der Waals surface area (Å²) in [6.45, 7) is 4.03. The molecule has 1 aromatic heterocycles. The second-order valence-electron chi connectivity index (χ2n) is 8.43. The van der Waals surface area contributed by atoms with Crippen LogP contribution in [0.1, 0.15) is 115 Å². The van der Waals surface area contributed by atoms with E-state index in [9.17, 15) is 15.3 Å². The van der Waals surface area contributed by atoms with Crippen molar-refractivity contribution >= 4 is 0 Å². The molecule has 0 saturated carbocycles. The van der Waals surface area contributed by atoms with E-state index >= 15 is 0 Å². The molecule has 0 saturated heterocycles. The topological polar surface area (TPSA) is 91.4 Å². The van der Waals surface area contributed by atoms with Crippen LogP contribution in [-0.2, 0) is 6.42 Å². The van der Waals surface area contributed by atoms with Crippen molar-refractivity contribution in [2.24, 2.45) is 0 Å². The van der Waals surface area contributed by atoms with E-state index in [2.05, 4.69) is 17.2 Å². The number of nitrogens with zero attached hydrogens (tertiary/aromatic N) is 3. The number of aryl methyl sites for hydroxylation is 1. The van der Waals surface area contributed by atoms with Crippen molar-refractivity contribution in [1.29, 1.82) is 0 Å². The van der Waals surface area contributed by atoms with Gasteiger partial charge in [-0.15, -0.1) is 5.10 Å². The summed E-state index contributed by atoms with van der Waals surface area (Å²) in [5, 5.41) is 38.4. The van der Waals surface area contributed by atoms with Crippen molar-refractivity contribution in [1.82, 2.24) is 15.0 Å². The van der Waals surface area contributed by atoms with Crippen LogP contribution in [0.4, 0.5) is 0 Å². The fourth-order valence-corrected chi connectivity index (χ4v) is 3.75. The quantitative estimate of drug-likeness (QED) is 0.290. The Hall–Kier alpha value is -0.980. The van der Waals surface area contributed by atoms with Gasteiger partial charge in [0.2, 0.25) is 0 Å². The summed E-state index contributed by atoms with van der Waals surface area (Å²) < 4.78 is 1.51. The maximum atomic E-state index is 10.3. The molecule has 0 aromatic carbocycles. The van der Waals surface area contributed by atoms with Crippen LogP contribution >= 0.6 is 0 Å². The lowest BCUT2D eigenvalue weighted by Crippen LogP contribution is -2.37. The highest BCUT2D eigenvalue weighted by Gasteiger charge is 2.28. The molecule has 3 atom stereocenters. The number of aliphatic hydroxyl groups is 3. The summed E-state index contributed by atoms with van der Waals surface area (Å²) in [5.41, 5.74) is 0.884. The predicted octanol–water partition coefficient (Wildman–Crippen LogP) is 4.58. The summed E-state index contributed by atoms with van der Waals surface area (Å²) in [5.74, 6) is 0. The predicted molar refractivity (Wildman–Crippen MR) is 118 cm³/mol. The van der Waals surface area contributed by atoms with Crippen LogP contribution in [0.15, 0.2) is 6.20 Å². The number of aliphatic hydroxyl groups excluding tert-OH is 3. The largest absolute Gasteiger partial charge is 0.394 e. The minimum Gasteiger partial charge on any atom is -0.394 e.